The SMILES string of the molecule is Cc1ccc(NC(=O)N(C)CC2COc3ccccc3O2)cc1[N+](=O)[O-]. The molecule has 0 saturated carbocycles. The van der Waals surface area contributed by atoms with E-state index in [0.29, 0.717) is 35.9 Å². The molecule has 0 radical (unpaired) electrons. The van der Waals surface area contributed by atoms with Gasteiger partial charge < -0.3 is 19.7 Å². The predicted molar refractivity (Wildman–Crippen MR) is 95.8 cm³/mol. The minimum atomic E-state index is -0.473. The molecule has 0 fully saturated rings. The van der Waals surface area contributed by atoms with Crippen molar-refractivity contribution in [2.75, 3.05) is 25.5 Å². The number of nitro benzene ring substituents is 1. The number of carbonyl (C=O) groups is 1. The summed E-state index contributed by atoms with van der Waals surface area (Å²) in [6.07, 6.45) is -0.298. The van der Waals surface area contributed by atoms with Gasteiger partial charge in [-0.05, 0) is 25.1 Å². The van der Waals surface area contributed by atoms with Crippen molar-refractivity contribution in [2.24, 2.45) is 0 Å². The van der Waals surface area contributed by atoms with Crippen LogP contribution in [0.2, 0.25) is 0 Å². The Morgan fingerprint density at radius 2 is 2.04 bits per heavy atom. The van der Waals surface area contributed by atoms with Crippen molar-refractivity contribution in [2.45, 2.75) is 13.0 Å². The van der Waals surface area contributed by atoms with Crippen molar-refractivity contribution in [3.05, 3.63) is 58.1 Å². The number of aryl methyl sites for hydroxylation is 1. The number of hydrogen-bond acceptors (Lipinski definition) is 5. The van der Waals surface area contributed by atoms with E-state index >= 15 is 0 Å². The molecule has 136 valence electrons. The van der Waals surface area contributed by atoms with Gasteiger partial charge in [-0.2, -0.15) is 0 Å². The molecule has 1 aliphatic heterocycles. The molecule has 2 amide bonds. The summed E-state index contributed by atoms with van der Waals surface area (Å²) in [5.41, 5.74) is 0.865. The van der Waals surface area contributed by atoms with E-state index in [0.717, 1.165) is 0 Å². The van der Waals surface area contributed by atoms with Crippen LogP contribution >= 0.6 is 0 Å². The monoisotopic (exact) mass is 357 g/mol. The van der Waals surface area contributed by atoms with Crippen LogP contribution in [0.4, 0.5) is 16.2 Å². The summed E-state index contributed by atoms with van der Waals surface area (Å²) >= 11 is 0. The van der Waals surface area contributed by atoms with Crippen LogP contribution in [-0.4, -0.2) is 42.2 Å². The predicted octanol–water partition coefficient (Wildman–Crippen LogP) is 3.21. The molecule has 2 aromatic carbocycles. The van der Waals surface area contributed by atoms with Gasteiger partial charge in [-0.15, -0.1) is 0 Å². The highest BCUT2D eigenvalue weighted by molar-refractivity contribution is 5.89. The number of hydrogen-bond donors (Lipinski definition) is 1. The highest BCUT2D eigenvalue weighted by Crippen LogP contribution is 2.31. The van der Waals surface area contributed by atoms with E-state index in [1.165, 1.54) is 11.0 Å². The highest BCUT2D eigenvalue weighted by atomic mass is 16.6. The summed E-state index contributed by atoms with van der Waals surface area (Å²) in [4.78, 5) is 24.3. The van der Waals surface area contributed by atoms with Crippen LogP contribution in [0.3, 0.4) is 0 Å². The molecule has 1 unspecified atom stereocenters. The maximum absolute atomic E-state index is 12.3. The molecule has 2 aromatic rings. The lowest BCUT2D eigenvalue weighted by Crippen LogP contribution is -2.43. The lowest BCUT2D eigenvalue weighted by molar-refractivity contribution is -0.385. The zero-order chi connectivity index (χ0) is 18.7. The second-order valence-corrected chi connectivity index (χ2v) is 6.07. The smallest absolute Gasteiger partial charge is 0.321 e. The number of likely N-dealkylation sites (N-methyl/N-ethyl adjacent to an activating group) is 1. The van der Waals surface area contributed by atoms with Crippen molar-refractivity contribution in [1.29, 1.82) is 0 Å². The Morgan fingerprint density at radius 1 is 1.31 bits per heavy atom. The summed E-state index contributed by atoms with van der Waals surface area (Å²) in [5.74, 6) is 1.33. The Kier molecular flexibility index (Phi) is 4.92. The first kappa shape index (κ1) is 17.5. The van der Waals surface area contributed by atoms with Crippen LogP contribution in [0.15, 0.2) is 42.5 Å². The van der Waals surface area contributed by atoms with E-state index in [-0.39, 0.29) is 17.8 Å². The third kappa shape index (κ3) is 3.85. The van der Waals surface area contributed by atoms with Gasteiger partial charge in [0.1, 0.15) is 6.61 Å². The number of ether oxygens (including phenoxy) is 2. The third-order valence-electron chi connectivity index (χ3n) is 4.05. The lowest BCUT2D eigenvalue weighted by atomic mass is 10.2. The van der Waals surface area contributed by atoms with Gasteiger partial charge in [0.15, 0.2) is 17.6 Å². The zero-order valence-corrected chi connectivity index (χ0v) is 14.5. The summed E-state index contributed by atoms with van der Waals surface area (Å²) in [7, 11) is 1.63. The molecule has 1 N–H and O–H groups in total. The average molecular weight is 357 g/mol. The van der Waals surface area contributed by atoms with Crippen LogP contribution in [0.25, 0.3) is 0 Å². The van der Waals surface area contributed by atoms with E-state index in [2.05, 4.69) is 5.32 Å². The zero-order valence-electron chi connectivity index (χ0n) is 14.5. The van der Waals surface area contributed by atoms with Crippen LogP contribution < -0.4 is 14.8 Å². The van der Waals surface area contributed by atoms with Gasteiger partial charge in [-0.1, -0.05) is 18.2 Å². The van der Waals surface area contributed by atoms with E-state index in [1.54, 1.807) is 26.1 Å². The first-order valence-corrected chi connectivity index (χ1v) is 8.09. The molecular formula is C18H19N3O5. The quantitative estimate of drug-likeness (QED) is 0.670. The first-order valence-electron chi connectivity index (χ1n) is 8.09. The Hall–Kier alpha value is -3.29. The second kappa shape index (κ2) is 7.30. The summed E-state index contributed by atoms with van der Waals surface area (Å²) in [6.45, 7) is 2.30. The average Bonchev–Trinajstić information content (AvgIpc) is 2.63. The van der Waals surface area contributed by atoms with Gasteiger partial charge in [0.05, 0.1) is 11.5 Å². The Morgan fingerprint density at radius 3 is 2.77 bits per heavy atom. The number of nitro groups is 1. The molecule has 0 aliphatic carbocycles. The fourth-order valence-electron chi connectivity index (χ4n) is 2.64. The van der Waals surface area contributed by atoms with E-state index < -0.39 is 4.92 Å². The van der Waals surface area contributed by atoms with Crippen LogP contribution in [0.5, 0.6) is 11.5 Å². The van der Waals surface area contributed by atoms with Crippen molar-refractivity contribution in [1.82, 2.24) is 4.90 Å². The summed E-state index contributed by atoms with van der Waals surface area (Å²) < 4.78 is 11.5. The molecule has 1 atom stereocenters. The molecule has 0 bridgehead atoms. The standard InChI is InChI=1S/C18H19N3O5/c1-12-7-8-13(9-15(12)21(23)24)19-18(22)20(2)10-14-11-25-16-5-3-4-6-17(16)26-14/h3-9,14H,10-11H2,1-2H3,(H,19,22). The number of benzene rings is 2. The number of fused-ring (bicyclic) bond motifs is 1. The highest BCUT2D eigenvalue weighted by Gasteiger charge is 2.24. The third-order valence-corrected chi connectivity index (χ3v) is 4.05. The Bertz CT molecular complexity index is 839. The number of nitrogens with one attached hydrogen (secondary N) is 1. The van der Waals surface area contributed by atoms with Gasteiger partial charge in [0, 0.05) is 24.4 Å². The van der Waals surface area contributed by atoms with Gasteiger partial charge in [0.25, 0.3) is 5.69 Å². The lowest BCUT2D eigenvalue weighted by Gasteiger charge is -2.29. The number of urea groups is 1. The van der Waals surface area contributed by atoms with E-state index in [1.807, 2.05) is 24.3 Å². The molecule has 1 heterocycles. The number of rotatable bonds is 4. The van der Waals surface area contributed by atoms with Gasteiger partial charge in [0.2, 0.25) is 0 Å². The van der Waals surface area contributed by atoms with Crippen LogP contribution in [-0.2, 0) is 0 Å². The number of carbonyl (C=O) groups excluding carboxylic acids is 1. The number of amides is 2. The van der Waals surface area contributed by atoms with Crippen molar-refractivity contribution in [3.8, 4) is 11.5 Å². The van der Waals surface area contributed by atoms with Crippen molar-refractivity contribution in [3.63, 3.8) is 0 Å². The molecule has 0 aromatic heterocycles. The normalized spacial score (nSPS) is 15.2. The molecular weight excluding hydrogens is 338 g/mol. The summed E-state index contributed by atoms with van der Waals surface area (Å²) in [6, 6.07) is 11.5. The largest absolute Gasteiger partial charge is 0.486 e. The van der Waals surface area contributed by atoms with Gasteiger partial charge >= 0.3 is 6.03 Å². The summed E-state index contributed by atoms with van der Waals surface area (Å²) in [5, 5.41) is 13.7. The van der Waals surface area contributed by atoms with Crippen LogP contribution in [0, 0.1) is 17.0 Å². The molecule has 1 aliphatic rings. The van der Waals surface area contributed by atoms with Gasteiger partial charge in [-0.25, -0.2) is 4.79 Å². The van der Waals surface area contributed by atoms with Crippen molar-refractivity contribution < 1.29 is 19.2 Å². The van der Waals surface area contributed by atoms with Gasteiger partial charge in [-0.3, -0.25) is 10.1 Å². The topological polar surface area (TPSA) is 93.9 Å². The van der Waals surface area contributed by atoms with E-state index in [4.69, 9.17) is 9.47 Å². The number of nitrogens with zero attached hydrogens (tertiary/aromatic N) is 2. The Balaban J connectivity index is 1.60. The van der Waals surface area contributed by atoms with Crippen LogP contribution in [0.1, 0.15) is 5.56 Å². The molecule has 0 spiro atoms. The second-order valence-electron chi connectivity index (χ2n) is 6.07. The maximum atomic E-state index is 12.3. The van der Waals surface area contributed by atoms with E-state index in [9.17, 15) is 14.9 Å². The molecule has 0 saturated heterocycles. The molecule has 8 nitrogen and oxygen atoms in total. The molecule has 3 rings (SSSR count). The molecule has 8 heteroatoms. The maximum Gasteiger partial charge on any atom is 0.321 e. The fourth-order valence-corrected chi connectivity index (χ4v) is 2.64. The minimum Gasteiger partial charge on any atom is -0.486 e. The fraction of sp³-hybridized carbons (Fsp3) is 0.278. The van der Waals surface area contributed by atoms with Crippen molar-refractivity contribution >= 4 is 17.4 Å². The number of anilines is 1. The minimum absolute atomic E-state index is 0.0360. The Labute approximate surface area is 150 Å². The molecule has 26 heavy (non-hydrogen) atoms. The number of para-hydroxylation sites is 2. The first-order chi connectivity index (χ1) is 12.4.